The van der Waals surface area contributed by atoms with Gasteiger partial charge in [-0.15, -0.1) is 0 Å². The van der Waals surface area contributed by atoms with E-state index in [1.54, 1.807) is 11.2 Å². The van der Waals surface area contributed by atoms with Crippen LogP contribution in [0.3, 0.4) is 0 Å². The molecule has 13 heteroatoms. The van der Waals surface area contributed by atoms with Crippen molar-refractivity contribution in [2.75, 3.05) is 54.9 Å². The number of nitro groups is 1. The number of fused-ring (bicyclic) bond motifs is 1. The molecule has 2 aromatic carbocycles. The van der Waals surface area contributed by atoms with Crippen LogP contribution in [0.15, 0.2) is 60.9 Å². The Balaban J connectivity index is 1.18. The van der Waals surface area contributed by atoms with E-state index in [0.29, 0.717) is 62.2 Å². The summed E-state index contributed by atoms with van der Waals surface area (Å²) in [6.07, 6.45) is 4.02. The predicted octanol–water partition coefficient (Wildman–Crippen LogP) is 3.73. The van der Waals surface area contributed by atoms with Crippen LogP contribution in [-0.4, -0.2) is 80.8 Å². The van der Waals surface area contributed by atoms with Crippen molar-refractivity contribution in [3.8, 4) is 0 Å². The lowest BCUT2D eigenvalue weighted by Crippen LogP contribution is -2.50. The lowest BCUT2D eigenvalue weighted by molar-refractivity contribution is -0.384. The zero-order valence-corrected chi connectivity index (χ0v) is 22.5. The summed E-state index contributed by atoms with van der Waals surface area (Å²) < 4.78 is 7.82. The fourth-order valence-electron chi connectivity index (χ4n) is 5.09. The van der Waals surface area contributed by atoms with E-state index in [0.717, 1.165) is 30.7 Å². The molecule has 4 aromatic rings. The molecule has 212 valence electrons. The van der Waals surface area contributed by atoms with Gasteiger partial charge in [-0.2, -0.15) is 9.97 Å². The van der Waals surface area contributed by atoms with Crippen LogP contribution >= 0.6 is 0 Å². The molecule has 2 fully saturated rings. The average Bonchev–Trinajstić information content (AvgIpc) is 3.67. The number of ether oxygens (including phenoxy) is 1. The highest BCUT2D eigenvalue weighted by atomic mass is 16.6. The van der Waals surface area contributed by atoms with E-state index in [9.17, 15) is 14.9 Å². The molecule has 2 amide bonds. The Kier molecular flexibility index (Phi) is 7.58. The molecule has 0 saturated carbocycles. The summed E-state index contributed by atoms with van der Waals surface area (Å²) in [6.45, 7) is 4.12. The molecule has 2 saturated heterocycles. The normalized spacial score (nSPS) is 17.1. The molecular formula is C28H31N9O4. The van der Waals surface area contributed by atoms with Crippen LogP contribution < -0.4 is 15.5 Å². The van der Waals surface area contributed by atoms with Crippen LogP contribution in [-0.2, 0) is 11.3 Å². The van der Waals surface area contributed by atoms with Crippen LogP contribution in [0, 0.1) is 10.1 Å². The van der Waals surface area contributed by atoms with Crippen LogP contribution in [0.1, 0.15) is 18.4 Å². The third-order valence-electron chi connectivity index (χ3n) is 7.35. The summed E-state index contributed by atoms with van der Waals surface area (Å²) in [7, 11) is 0. The Hall–Kier alpha value is -4.78. The first-order valence-corrected chi connectivity index (χ1v) is 13.7. The molecule has 0 bridgehead atoms. The highest BCUT2D eigenvalue weighted by Gasteiger charge is 2.25. The maximum atomic E-state index is 12.9. The maximum Gasteiger partial charge on any atom is 0.321 e. The van der Waals surface area contributed by atoms with Crippen molar-refractivity contribution in [3.63, 3.8) is 0 Å². The van der Waals surface area contributed by atoms with Gasteiger partial charge in [0.05, 0.1) is 23.9 Å². The van der Waals surface area contributed by atoms with Crippen molar-refractivity contribution in [3.05, 3.63) is 76.6 Å². The van der Waals surface area contributed by atoms with Gasteiger partial charge in [-0.3, -0.25) is 10.1 Å². The van der Waals surface area contributed by atoms with Crippen molar-refractivity contribution in [1.82, 2.24) is 24.4 Å². The number of anilines is 3. The number of amides is 2. The largest absolute Gasteiger partial charge is 0.376 e. The molecule has 2 aliphatic rings. The number of hydrogen-bond acceptors (Lipinski definition) is 9. The van der Waals surface area contributed by atoms with Crippen LogP contribution in [0.4, 0.5) is 27.9 Å². The second-order valence-corrected chi connectivity index (χ2v) is 10.1. The van der Waals surface area contributed by atoms with Crippen molar-refractivity contribution >= 4 is 40.3 Å². The Morgan fingerprint density at radius 3 is 2.54 bits per heavy atom. The monoisotopic (exact) mass is 557 g/mol. The second kappa shape index (κ2) is 11.8. The number of non-ortho nitro benzene ring substituents is 1. The molecule has 1 atom stereocenters. The van der Waals surface area contributed by atoms with Gasteiger partial charge in [0.15, 0.2) is 17.0 Å². The van der Waals surface area contributed by atoms with Crippen molar-refractivity contribution in [2.45, 2.75) is 25.5 Å². The third-order valence-corrected chi connectivity index (χ3v) is 7.35. The Bertz CT molecular complexity index is 1510. The van der Waals surface area contributed by atoms with E-state index in [4.69, 9.17) is 14.7 Å². The molecule has 41 heavy (non-hydrogen) atoms. The molecule has 4 heterocycles. The number of nitrogens with zero attached hydrogens (tertiary/aromatic N) is 7. The molecule has 1 unspecified atom stereocenters. The fourth-order valence-corrected chi connectivity index (χ4v) is 5.09. The quantitative estimate of drug-likeness (QED) is 0.245. The molecule has 0 aliphatic carbocycles. The molecule has 6 rings (SSSR count). The number of hydrogen-bond donors (Lipinski definition) is 2. The minimum absolute atomic E-state index is 0.0247. The van der Waals surface area contributed by atoms with Gasteiger partial charge in [-0.05, 0) is 30.5 Å². The van der Waals surface area contributed by atoms with Gasteiger partial charge < -0.3 is 29.7 Å². The van der Waals surface area contributed by atoms with Gasteiger partial charge in [-0.25, -0.2) is 9.78 Å². The van der Waals surface area contributed by atoms with E-state index in [2.05, 4.69) is 32.7 Å². The van der Waals surface area contributed by atoms with Gasteiger partial charge in [-0.1, -0.05) is 30.3 Å². The number of carbonyl (C=O) groups is 1. The number of aromatic nitrogens is 4. The van der Waals surface area contributed by atoms with Gasteiger partial charge in [0.1, 0.15) is 0 Å². The number of nitrogens with one attached hydrogen (secondary N) is 2. The summed E-state index contributed by atoms with van der Waals surface area (Å²) in [4.78, 5) is 41.5. The Morgan fingerprint density at radius 2 is 1.83 bits per heavy atom. The minimum atomic E-state index is -0.470. The van der Waals surface area contributed by atoms with Crippen molar-refractivity contribution in [2.24, 2.45) is 0 Å². The first-order valence-electron chi connectivity index (χ1n) is 13.7. The van der Waals surface area contributed by atoms with Crippen LogP contribution in [0.2, 0.25) is 0 Å². The topological polar surface area (TPSA) is 144 Å². The van der Waals surface area contributed by atoms with Crippen LogP contribution in [0.25, 0.3) is 11.2 Å². The SMILES string of the molecule is O=C(Nc1ccc([N+](=O)[O-])cc1)N1CCN(c2nc(NCC3CCCO3)c3ncn(Cc4ccccc4)c3n2)CC1. The molecular weight excluding hydrogens is 526 g/mol. The molecule has 2 aromatic heterocycles. The summed E-state index contributed by atoms with van der Waals surface area (Å²) in [5, 5.41) is 17.2. The molecule has 0 radical (unpaired) electrons. The predicted molar refractivity (Wildman–Crippen MR) is 154 cm³/mol. The highest BCUT2D eigenvalue weighted by molar-refractivity contribution is 5.89. The fraction of sp³-hybridized carbons (Fsp3) is 0.357. The number of carbonyl (C=O) groups excluding carboxylic acids is 1. The lowest BCUT2D eigenvalue weighted by atomic mass is 10.2. The minimum Gasteiger partial charge on any atom is -0.376 e. The molecule has 0 spiro atoms. The Morgan fingerprint density at radius 1 is 1.05 bits per heavy atom. The maximum absolute atomic E-state index is 12.9. The summed E-state index contributed by atoms with van der Waals surface area (Å²) in [5.41, 5.74) is 3.08. The van der Waals surface area contributed by atoms with E-state index >= 15 is 0 Å². The van der Waals surface area contributed by atoms with Gasteiger partial charge in [0.2, 0.25) is 5.95 Å². The number of imidazole rings is 1. The van der Waals surface area contributed by atoms with Gasteiger partial charge in [0, 0.05) is 57.2 Å². The smallest absolute Gasteiger partial charge is 0.321 e. The number of urea groups is 1. The highest BCUT2D eigenvalue weighted by Crippen LogP contribution is 2.25. The standard InChI is InChI=1S/C28H31N9O4/c38-28(31-21-8-10-22(11-9-21)37(39)40)35-14-12-34(13-15-35)27-32-25(29-17-23-7-4-16-41-23)24-26(33-27)36(19-30-24)18-20-5-2-1-3-6-20/h1-3,5-6,8-11,19,23H,4,7,12-18H2,(H,31,38)(H,29,32,33). The molecule has 2 N–H and O–H groups in total. The summed E-state index contributed by atoms with van der Waals surface area (Å²) in [6, 6.07) is 15.7. The van der Waals surface area contributed by atoms with E-state index in [1.807, 2.05) is 22.8 Å². The van der Waals surface area contributed by atoms with Crippen LogP contribution in [0.5, 0.6) is 0 Å². The third kappa shape index (κ3) is 6.04. The zero-order chi connectivity index (χ0) is 28.2. The molecule has 2 aliphatic heterocycles. The van der Waals surface area contributed by atoms with E-state index < -0.39 is 4.92 Å². The molecule has 13 nitrogen and oxygen atoms in total. The number of nitro benzene ring substituents is 1. The summed E-state index contributed by atoms with van der Waals surface area (Å²) >= 11 is 0. The lowest BCUT2D eigenvalue weighted by Gasteiger charge is -2.34. The van der Waals surface area contributed by atoms with E-state index in [1.165, 1.54) is 24.3 Å². The van der Waals surface area contributed by atoms with Crippen molar-refractivity contribution < 1.29 is 14.5 Å². The summed E-state index contributed by atoms with van der Waals surface area (Å²) in [5.74, 6) is 1.25. The van der Waals surface area contributed by atoms with E-state index in [-0.39, 0.29) is 17.8 Å². The number of rotatable bonds is 8. The Labute approximate surface area is 236 Å². The first-order chi connectivity index (χ1) is 20.0. The van der Waals surface area contributed by atoms with Gasteiger partial charge in [0.25, 0.3) is 5.69 Å². The second-order valence-electron chi connectivity index (χ2n) is 10.1. The first kappa shape index (κ1) is 26.4. The average molecular weight is 558 g/mol. The zero-order valence-electron chi connectivity index (χ0n) is 22.5. The van der Waals surface area contributed by atoms with Crippen molar-refractivity contribution in [1.29, 1.82) is 0 Å². The number of piperazine rings is 1. The number of benzene rings is 2. The van der Waals surface area contributed by atoms with Gasteiger partial charge >= 0.3 is 6.03 Å².